The molecular formula is C7H10F2O4S. The Bertz CT molecular complexity index is 338. The number of hydrogen-bond donors (Lipinski definition) is 1. The van der Waals surface area contributed by atoms with Crippen LogP contribution in [0.1, 0.15) is 12.8 Å². The summed E-state index contributed by atoms with van der Waals surface area (Å²) in [5, 5.41) is 8.75. The van der Waals surface area contributed by atoms with Crippen LogP contribution in [0.15, 0.2) is 0 Å². The first-order valence-corrected chi connectivity index (χ1v) is 5.82. The van der Waals surface area contributed by atoms with E-state index in [1.165, 1.54) is 0 Å². The Labute approximate surface area is 79.8 Å². The van der Waals surface area contributed by atoms with Gasteiger partial charge in [-0.2, -0.15) is 0 Å². The molecular weight excluding hydrogens is 218 g/mol. The molecule has 1 saturated heterocycles. The molecule has 0 saturated carbocycles. The van der Waals surface area contributed by atoms with E-state index in [1.807, 2.05) is 0 Å². The molecule has 1 aliphatic rings. The van der Waals surface area contributed by atoms with Gasteiger partial charge in [0.1, 0.15) is 0 Å². The standard InChI is InChI=1S/C7H10F2O4S/c8-5(9)3-7(6(10)11)1-2-14(12,13)4-7/h5H,1-4H2,(H,10,11). The van der Waals surface area contributed by atoms with Gasteiger partial charge in [-0.05, 0) is 6.42 Å². The van der Waals surface area contributed by atoms with Crippen molar-refractivity contribution in [2.24, 2.45) is 5.41 Å². The number of carboxylic acids is 1. The second-order valence-corrected chi connectivity index (χ2v) is 5.71. The molecule has 0 aliphatic carbocycles. The van der Waals surface area contributed by atoms with Crippen LogP contribution in [0.25, 0.3) is 0 Å². The van der Waals surface area contributed by atoms with Crippen LogP contribution in [0.4, 0.5) is 8.78 Å². The molecule has 4 nitrogen and oxygen atoms in total. The lowest BCUT2D eigenvalue weighted by Crippen LogP contribution is -2.34. The van der Waals surface area contributed by atoms with Crippen molar-refractivity contribution < 1.29 is 27.1 Å². The van der Waals surface area contributed by atoms with Crippen LogP contribution in [0.2, 0.25) is 0 Å². The Morgan fingerprint density at radius 1 is 1.50 bits per heavy atom. The molecule has 0 amide bonds. The molecule has 1 aliphatic heterocycles. The SMILES string of the molecule is O=C(O)C1(CC(F)F)CCS(=O)(=O)C1. The Hall–Kier alpha value is -0.720. The van der Waals surface area contributed by atoms with Crippen molar-refractivity contribution in [3.05, 3.63) is 0 Å². The molecule has 1 atom stereocenters. The number of rotatable bonds is 3. The van der Waals surface area contributed by atoms with Crippen molar-refractivity contribution in [2.75, 3.05) is 11.5 Å². The zero-order valence-electron chi connectivity index (χ0n) is 7.24. The molecule has 7 heteroatoms. The Morgan fingerprint density at radius 3 is 2.36 bits per heavy atom. The van der Waals surface area contributed by atoms with E-state index in [4.69, 9.17) is 5.11 Å². The molecule has 0 radical (unpaired) electrons. The second-order valence-electron chi connectivity index (χ2n) is 3.52. The van der Waals surface area contributed by atoms with Gasteiger partial charge in [0.2, 0.25) is 6.43 Å². The summed E-state index contributed by atoms with van der Waals surface area (Å²) in [6.45, 7) is 0. The van der Waals surface area contributed by atoms with Gasteiger partial charge in [-0.25, -0.2) is 17.2 Å². The van der Waals surface area contributed by atoms with Crippen LogP contribution in [-0.4, -0.2) is 37.4 Å². The van der Waals surface area contributed by atoms with E-state index in [1.54, 1.807) is 0 Å². The third-order valence-electron chi connectivity index (χ3n) is 2.39. The lowest BCUT2D eigenvalue weighted by molar-refractivity contribution is -0.149. The lowest BCUT2D eigenvalue weighted by Gasteiger charge is -2.21. The first-order chi connectivity index (χ1) is 6.27. The second kappa shape index (κ2) is 3.45. The Kier molecular flexibility index (Phi) is 2.80. The van der Waals surface area contributed by atoms with Crippen LogP contribution in [-0.2, 0) is 14.6 Å². The summed E-state index contributed by atoms with van der Waals surface area (Å²) in [5.74, 6) is -2.43. The lowest BCUT2D eigenvalue weighted by atomic mass is 9.84. The van der Waals surface area contributed by atoms with Gasteiger partial charge in [-0.3, -0.25) is 4.79 Å². The number of alkyl halides is 2. The van der Waals surface area contributed by atoms with Gasteiger partial charge in [0.25, 0.3) is 0 Å². The largest absolute Gasteiger partial charge is 0.481 e. The first-order valence-electron chi connectivity index (χ1n) is 3.99. The summed E-state index contributed by atoms with van der Waals surface area (Å²) in [7, 11) is -3.46. The average Bonchev–Trinajstić information content (AvgIpc) is 2.26. The fourth-order valence-electron chi connectivity index (χ4n) is 1.63. The highest BCUT2D eigenvalue weighted by Crippen LogP contribution is 2.37. The van der Waals surface area contributed by atoms with Crippen molar-refractivity contribution in [2.45, 2.75) is 19.3 Å². The van der Waals surface area contributed by atoms with E-state index < -0.39 is 39.8 Å². The van der Waals surface area contributed by atoms with Gasteiger partial charge in [-0.1, -0.05) is 0 Å². The van der Waals surface area contributed by atoms with Gasteiger partial charge >= 0.3 is 5.97 Å². The molecule has 82 valence electrons. The molecule has 0 aromatic rings. The number of carboxylic acid groups (broad SMARTS) is 1. The minimum absolute atomic E-state index is 0.213. The maximum atomic E-state index is 12.1. The predicted octanol–water partition coefficient (Wildman–Crippen LogP) is 0.531. The fraction of sp³-hybridized carbons (Fsp3) is 0.857. The minimum atomic E-state index is -3.46. The molecule has 0 aromatic carbocycles. The van der Waals surface area contributed by atoms with Gasteiger partial charge in [-0.15, -0.1) is 0 Å². The summed E-state index contributed by atoms with van der Waals surface area (Å²) in [6.07, 6.45) is -3.89. The third-order valence-corrected chi connectivity index (χ3v) is 4.21. The molecule has 14 heavy (non-hydrogen) atoms. The summed E-state index contributed by atoms with van der Waals surface area (Å²) >= 11 is 0. The van der Waals surface area contributed by atoms with E-state index in [0.29, 0.717) is 0 Å². The zero-order chi connectivity index (χ0) is 11.0. The van der Waals surface area contributed by atoms with Gasteiger partial charge in [0.15, 0.2) is 9.84 Å². The monoisotopic (exact) mass is 228 g/mol. The molecule has 0 spiro atoms. The van der Waals surface area contributed by atoms with Crippen molar-refractivity contribution >= 4 is 15.8 Å². The summed E-state index contributed by atoms with van der Waals surface area (Å²) in [5.41, 5.74) is -1.77. The Balaban J connectivity index is 2.92. The van der Waals surface area contributed by atoms with Gasteiger partial charge in [0.05, 0.1) is 16.9 Å². The highest BCUT2D eigenvalue weighted by molar-refractivity contribution is 7.91. The number of sulfone groups is 1. The number of carbonyl (C=O) groups is 1. The van der Waals surface area contributed by atoms with Gasteiger partial charge < -0.3 is 5.11 Å². The molecule has 1 unspecified atom stereocenters. The summed E-state index contributed by atoms with van der Waals surface area (Å²) in [4.78, 5) is 10.7. The van der Waals surface area contributed by atoms with E-state index in [2.05, 4.69) is 0 Å². The van der Waals surface area contributed by atoms with Gasteiger partial charge in [0, 0.05) is 6.42 Å². The van der Waals surface area contributed by atoms with Crippen molar-refractivity contribution in [3.8, 4) is 0 Å². The quantitative estimate of drug-likeness (QED) is 0.764. The fourth-order valence-corrected chi connectivity index (χ4v) is 3.70. The molecule has 1 N–H and O–H groups in total. The van der Waals surface area contributed by atoms with Crippen molar-refractivity contribution in [1.29, 1.82) is 0 Å². The smallest absolute Gasteiger partial charge is 0.310 e. The average molecular weight is 228 g/mol. The van der Waals surface area contributed by atoms with Crippen LogP contribution < -0.4 is 0 Å². The molecule has 0 aromatic heterocycles. The maximum absolute atomic E-state index is 12.1. The van der Waals surface area contributed by atoms with Crippen LogP contribution in [0, 0.1) is 5.41 Å². The zero-order valence-corrected chi connectivity index (χ0v) is 8.06. The third kappa shape index (κ3) is 2.20. The molecule has 1 fully saturated rings. The Morgan fingerprint density at radius 2 is 2.07 bits per heavy atom. The molecule has 0 bridgehead atoms. The predicted molar refractivity (Wildman–Crippen MR) is 44.0 cm³/mol. The number of aliphatic carboxylic acids is 1. The van der Waals surface area contributed by atoms with E-state index in [-0.39, 0.29) is 12.2 Å². The minimum Gasteiger partial charge on any atom is -0.481 e. The normalized spacial score (nSPS) is 30.8. The number of halogens is 2. The van der Waals surface area contributed by atoms with Crippen LogP contribution in [0.3, 0.4) is 0 Å². The topological polar surface area (TPSA) is 71.4 Å². The van der Waals surface area contributed by atoms with E-state index >= 15 is 0 Å². The highest BCUT2D eigenvalue weighted by atomic mass is 32.2. The van der Waals surface area contributed by atoms with Crippen LogP contribution in [0.5, 0.6) is 0 Å². The van der Waals surface area contributed by atoms with Crippen molar-refractivity contribution in [1.82, 2.24) is 0 Å². The van der Waals surface area contributed by atoms with E-state index in [9.17, 15) is 22.0 Å². The molecule has 1 heterocycles. The van der Waals surface area contributed by atoms with Crippen molar-refractivity contribution in [3.63, 3.8) is 0 Å². The maximum Gasteiger partial charge on any atom is 0.310 e. The van der Waals surface area contributed by atoms with Crippen LogP contribution >= 0.6 is 0 Å². The van der Waals surface area contributed by atoms with E-state index in [0.717, 1.165) is 0 Å². The highest BCUT2D eigenvalue weighted by Gasteiger charge is 2.49. The molecule has 1 rings (SSSR count). The summed E-state index contributed by atoms with van der Waals surface area (Å²) in [6, 6.07) is 0. The number of hydrogen-bond acceptors (Lipinski definition) is 3. The first kappa shape index (κ1) is 11.4. The summed E-state index contributed by atoms with van der Waals surface area (Å²) < 4.78 is 46.2.